The molecule has 2 rings (SSSR count). The molecule has 0 atom stereocenters. The van der Waals surface area contributed by atoms with Crippen molar-refractivity contribution in [2.24, 2.45) is 11.7 Å². The van der Waals surface area contributed by atoms with Crippen LogP contribution in [0.15, 0.2) is 18.2 Å². The van der Waals surface area contributed by atoms with Gasteiger partial charge >= 0.3 is 0 Å². The van der Waals surface area contributed by atoms with Crippen LogP contribution < -0.4 is 11.1 Å². The summed E-state index contributed by atoms with van der Waals surface area (Å²) in [6.07, 6.45) is 4.61. The number of hydrogen-bond acceptors (Lipinski definition) is 2. The third-order valence-corrected chi connectivity index (χ3v) is 3.66. The van der Waals surface area contributed by atoms with Gasteiger partial charge in [0.05, 0.1) is 0 Å². The van der Waals surface area contributed by atoms with Gasteiger partial charge < -0.3 is 11.1 Å². The molecule has 1 saturated carbocycles. The number of nitrogens with one attached hydrogen (secondary N) is 1. The van der Waals surface area contributed by atoms with Gasteiger partial charge in [0.15, 0.2) is 0 Å². The highest BCUT2D eigenvalue weighted by Gasteiger charge is 2.18. The van der Waals surface area contributed by atoms with Crippen molar-refractivity contribution < 1.29 is 4.39 Å². The molecule has 3 heteroatoms. The van der Waals surface area contributed by atoms with Crippen LogP contribution in [0.4, 0.5) is 10.1 Å². The zero-order valence-corrected chi connectivity index (χ0v) is 10.4. The second kappa shape index (κ2) is 5.50. The average Bonchev–Trinajstić information content (AvgIpc) is 2.33. The van der Waals surface area contributed by atoms with Crippen LogP contribution in [0.5, 0.6) is 0 Å². The van der Waals surface area contributed by atoms with Crippen LogP contribution in [0.2, 0.25) is 0 Å². The Bertz CT molecular complexity index is 370. The zero-order chi connectivity index (χ0) is 12.3. The lowest BCUT2D eigenvalue weighted by atomic mass is 9.86. The highest BCUT2D eigenvalue weighted by Crippen LogP contribution is 2.23. The molecule has 0 aliphatic heterocycles. The van der Waals surface area contributed by atoms with Gasteiger partial charge in [-0.3, -0.25) is 0 Å². The van der Waals surface area contributed by atoms with E-state index in [1.165, 1.54) is 12.8 Å². The molecule has 1 aromatic carbocycles. The molecule has 0 heterocycles. The highest BCUT2D eigenvalue weighted by molar-refractivity contribution is 5.45. The molecule has 1 aromatic rings. The summed E-state index contributed by atoms with van der Waals surface area (Å²) in [7, 11) is 0. The number of rotatable bonds is 3. The Balaban J connectivity index is 1.83. The zero-order valence-electron chi connectivity index (χ0n) is 10.4. The van der Waals surface area contributed by atoms with Crippen molar-refractivity contribution in [3.05, 3.63) is 29.6 Å². The first-order chi connectivity index (χ1) is 8.15. The van der Waals surface area contributed by atoms with E-state index in [-0.39, 0.29) is 5.82 Å². The van der Waals surface area contributed by atoms with E-state index in [1.54, 1.807) is 13.0 Å². The maximum atomic E-state index is 13.3. The number of aryl methyl sites for hydroxylation is 1. The lowest BCUT2D eigenvalue weighted by molar-refractivity contribution is 0.339. The normalized spacial score (nSPS) is 24.6. The number of hydrogen-bond donors (Lipinski definition) is 2. The summed E-state index contributed by atoms with van der Waals surface area (Å²) in [5, 5.41) is 3.32. The van der Waals surface area contributed by atoms with Crippen molar-refractivity contribution in [1.29, 1.82) is 0 Å². The fourth-order valence-electron chi connectivity index (χ4n) is 2.36. The van der Waals surface area contributed by atoms with Gasteiger partial charge in [0.25, 0.3) is 0 Å². The molecule has 0 bridgehead atoms. The Hall–Kier alpha value is -1.09. The van der Waals surface area contributed by atoms with E-state index in [0.717, 1.165) is 25.1 Å². The van der Waals surface area contributed by atoms with Crippen LogP contribution in [0.1, 0.15) is 31.2 Å². The van der Waals surface area contributed by atoms with E-state index in [2.05, 4.69) is 5.32 Å². The summed E-state index contributed by atoms with van der Waals surface area (Å²) in [6, 6.07) is 5.72. The van der Waals surface area contributed by atoms with Gasteiger partial charge in [-0.1, -0.05) is 6.07 Å². The molecule has 0 amide bonds. The minimum absolute atomic E-state index is 0.138. The number of benzene rings is 1. The van der Waals surface area contributed by atoms with Gasteiger partial charge in [-0.15, -0.1) is 0 Å². The molecule has 0 spiro atoms. The third kappa shape index (κ3) is 3.43. The minimum Gasteiger partial charge on any atom is -0.385 e. The summed E-state index contributed by atoms with van der Waals surface area (Å²) in [4.78, 5) is 0. The summed E-state index contributed by atoms with van der Waals surface area (Å²) in [6.45, 7) is 2.71. The molecule has 17 heavy (non-hydrogen) atoms. The summed E-state index contributed by atoms with van der Waals surface area (Å²) in [5.74, 6) is 0.542. The first kappa shape index (κ1) is 12.4. The monoisotopic (exact) mass is 236 g/mol. The summed E-state index contributed by atoms with van der Waals surface area (Å²) < 4.78 is 13.3. The van der Waals surface area contributed by atoms with Crippen LogP contribution >= 0.6 is 0 Å². The number of anilines is 1. The molecule has 3 N–H and O–H groups in total. The van der Waals surface area contributed by atoms with Crippen molar-refractivity contribution in [2.75, 3.05) is 11.9 Å². The summed E-state index contributed by atoms with van der Waals surface area (Å²) >= 11 is 0. The van der Waals surface area contributed by atoms with Crippen LogP contribution in [-0.2, 0) is 0 Å². The van der Waals surface area contributed by atoms with E-state index in [9.17, 15) is 4.39 Å². The molecule has 0 saturated heterocycles. The molecule has 1 aliphatic carbocycles. The van der Waals surface area contributed by atoms with Crippen molar-refractivity contribution in [3.63, 3.8) is 0 Å². The molecule has 2 nitrogen and oxygen atoms in total. The van der Waals surface area contributed by atoms with E-state index in [1.807, 2.05) is 12.1 Å². The van der Waals surface area contributed by atoms with Gasteiger partial charge in [-0.05, 0) is 56.2 Å². The molecular formula is C14H21FN2. The van der Waals surface area contributed by atoms with Gasteiger partial charge in [0.1, 0.15) is 5.82 Å². The van der Waals surface area contributed by atoms with E-state index >= 15 is 0 Å². The van der Waals surface area contributed by atoms with Crippen LogP contribution in [-0.4, -0.2) is 12.6 Å². The van der Waals surface area contributed by atoms with Crippen LogP contribution in [0.25, 0.3) is 0 Å². The standard InChI is InChI=1S/C14H21FN2/c1-10-2-7-13(8-14(10)15)17-9-11-3-5-12(16)6-4-11/h2,7-8,11-12,17H,3-6,9,16H2,1H3. The molecule has 0 unspecified atom stereocenters. The fraction of sp³-hybridized carbons (Fsp3) is 0.571. The topological polar surface area (TPSA) is 38.0 Å². The molecule has 0 radical (unpaired) electrons. The first-order valence-corrected chi connectivity index (χ1v) is 6.41. The van der Waals surface area contributed by atoms with Crippen molar-refractivity contribution in [1.82, 2.24) is 0 Å². The highest BCUT2D eigenvalue weighted by atomic mass is 19.1. The van der Waals surface area contributed by atoms with Crippen molar-refractivity contribution in [3.8, 4) is 0 Å². The average molecular weight is 236 g/mol. The second-order valence-electron chi connectivity index (χ2n) is 5.13. The first-order valence-electron chi connectivity index (χ1n) is 6.41. The smallest absolute Gasteiger partial charge is 0.128 e. The molecule has 94 valence electrons. The SMILES string of the molecule is Cc1ccc(NCC2CCC(N)CC2)cc1F. The molecule has 1 aliphatic rings. The minimum atomic E-state index is -0.138. The largest absolute Gasteiger partial charge is 0.385 e. The Kier molecular flexibility index (Phi) is 4.00. The van der Waals surface area contributed by atoms with E-state index in [4.69, 9.17) is 5.73 Å². The lowest BCUT2D eigenvalue weighted by Crippen LogP contribution is -2.29. The fourth-order valence-corrected chi connectivity index (χ4v) is 2.36. The molecule has 1 fully saturated rings. The predicted octanol–water partition coefficient (Wildman–Crippen LogP) is 3.06. The maximum absolute atomic E-state index is 13.3. The van der Waals surface area contributed by atoms with Crippen molar-refractivity contribution in [2.45, 2.75) is 38.6 Å². The summed E-state index contributed by atoms with van der Waals surface area (Å²) in [5.41, 5.74) is 7.44. The van der Waals surface area contributed by atoms with Crippen LogP contribution in [0.3, 0.4) is 0 Å². The predicted molar refractivity (Wildman–Crippen MR) is 69.6 cm³/mol. The van der Waals surface area contributed by atoms with Gasteiger partial charge in [-0.2, -0.15) is 0 Å². The Labute approximate surface area is 102 Å². The Morgan fingerprint density at radius 2 is 2.00 bits per heavy atom. The van der Waals surface area contributed by atoms with Gasteiger partial charge in [-0.25, -0.2) is 4.39 Å². The molecule has 0 aromatic heterocycles. The Morgan fingerprint density at radius 3 is 2.65 bits per heavy atom. The van der Waals surface area contributed by atoms with Crippen molar-refractivity contribution >= 4 is 5.69 Å². The van der Waals surface area contributed by atoms with Crippen LogP contribution in [0, 0.1) is 18.7 Å². The number of nitrogens with two attached hydrogens (primary N) is 1. The second-order valence-corrected chi connectivity index (χ2v) is 5.13. The van der Waals surface area contributed by atoms with E-state index < -0.39 is 0 Å². The quantitative estimate of drug-likeness (QED) is 0.846. The maximum Gasteiger partial charge on any atom is 0.128 e. The van der Waals surface area contributed by atoms with Gasteiger partial charge in [0.2, 0.25) is 0 Å². The number of halogens is 1. The van der Waals surface area contributed by atoms with E-state index in [0.29, 0.717) is 17.5 Å². The lowest BCUT2D eigenvalue weighted by Gasteiger charge is -2.26. The Morgan fingerprint density at radius 1 is 1.29 bits per heavy atom. The third-order valence-electron chi connectivity index (χ3n) is 3.66. The van der Waals surface area contributed by atoms with Gasteiger partial charge in [0, 0.05) is 18.3 Å². The molecular weight excluding hydrogens is 215 g/mol.